The molecule has 0 atom stereocenters. The predicted octanol–water partition coefficient (Wildman–Crippen LogP) is 4.81. The van der Waals surface area contributed by atoms with Crippen LogP contribution in [0.25, 0.3) is 11.3 Å². The quantitative estimate of drug-likeness (QED) is 0.740. The summed E-state index contributed by atoms with van der Waals surface area (Å²) in [5, 5.41) is 0. The molecule has 0 unspecified atom stereocenters. The molecule has 9 heteroatoms. The highest BCUT2D eigenvalue weighted by Crippen LogP contribution is 2.32. The van der Waals surface area contributed by atoms with Gasteiger partial charge in [0.15, 0.2) is 0 Å². The molecule has 0 N–H and O–H groups in total. The van der Waals surface area contributed by atoms with Gasteiger partial charge in [0.2, 0.25) is 0 Å². The van der Waals surface area contributed by atoms with Crippen molar-refractivity contribution >= 4 is 0 Å². The molecule has 0 aliphatic rings. The number of pyridine rings is 1. The molecular weight excluding hydrogens is 319 g/mol. The van der Waals surface area contributed by atoms with Crippen LogP contribution >= 0.6 is 0 Å². The zero-order valence-electron chi connectivity index (χ0n) is 10.5. The van der Waals surface area contributed by atoms with E-state index >= 15 is 0 Å². The minimum atomic E-state index is -4.87. The van der Waals surface area contributed by atoms with Gasteiger partial charge in [0.25, 0.3) is 0 Å². The Bertz CT molecular complexity index is 662. The van der Waals surface area contributed by atoms with Gasteiger partial charge in [0.1, 0.15) is 17.1 Å². The number of halogens is 7. The van der Waals surface area contributed by atoms with Crippen LogP contribution in [0.3, 0.4) is 0 Å². The summed E-state index contributed by atoms with van der Waals surface area (Å²) in [6.07, 6.45) is -9.41. The van der Waals surface area contributed by atoms with Gasteiger partial charge >= 0.3 is 12.5 Å². The van der Waals surface area contributed by atoms with Crippen LogP contribution in [0.15, 0.2) is 36.5 Å². The fourth-order valence-electron chi connectivity index (χ4n) is 1.62. The molecule has 0 fully saturated rings. The van der Waals surface area contributed by atoms with Crippen molar-refractivity contribution in [1.82, 2.24) is 4.98 Å². The molecule has 2 nitrogen and oxygen atoms in total. The van der Waals surface area contributed by atoms with Gasteiger partial charge in [-0.1, -0.05) is 0 Å². The summed E-state index contributed by atoms with van der Waals surface area (Å²) < 4.78 is 90.2. The Morgan fingerprint density at radius 3 is 1.95 bits per heavy atom. The summed E-state index contributed by atoms with van der Waals surface area (Å²) in [5.41, 5.74) is -1.53. The summed E-state index contributed by atoms with van der Waals surface area (Å²) in [5.74, 6) is -2.03. The van der Waals surface area contributed by atoms with E-state index in [9.17, 15) is 30.7 Å². The molecule has 2 rings (SSSR count). The SMILES string of the molecule is Fc1cc(-c2ccc(OC(F)(F)F)cc2)ncc1C(F)(F)F. The second-order valence-corrected chi connectivity index (χ2v) is 4.12. The van der Waals surface area contributed by atoms with E-state index in [1.54, 1.807) is 0 Å². The number of rotatable bonds is 2. The smallest absolute Gasteiger partial charge is 0.406 e. The van der Waals surface area contributed by atoms with Crippen LogP contribution < -0.4 is 4.74 Å². The van der Waals surface area contributed by atoms with Crippen LogP contribution in [0.2, 0.25) is 0 Å². The first kappa shape index (κ1) is 16.1. The highest BCUT2D eigenvalue weighted by molar-refractivity contribution is 5.60. The lowest BCUT2D eigenvalue weighted by molar-refractivity contribution is -0.274. The van der Waals surface area contributed by atoms with E-state index in [0.717, 1.165) is 24.3 Å². The molecule has 0 aliphatic carbocycles. The number of hydrogen-bond acceptors (Lipinski definition) is 2. The molecular formula is C13H6F7NO. The van der Waals surface area contributed by atoms with Gasteiger partial charge in [0.05, 0.1) is 5.69 Å². The van der Waals surface area contributed by atoms with Crippen molar-refractivity contribution < 1.29 is 35.5 Å². The molecule has 1 aromatic carbocycles. The monoisotopic (exact) mass is 325 g/mol. The van der Waals surface area contributed by atoms with Gasteiger partial charge in [-0.15, -0.1) is 13.2 Å². The fourth-order valence-corrected chi connectivity index (χ4v) is 1.62. The minimum absolute atomic E-state index is 0.141. The molecule has 0 amide bonds. The van der Waals surface area contributed by atoms with E-state index in [0.29, 0.717) is 12.3 Å². The summed E-state index contributed by atoms with van der Waals surface area (Å²) in [6, 6.07) is 4.69. The standard InChI is InChI=1S/C13H6F7NO/c14-10-5-11(21-6-9(10)12(15,16)17)7-1-3-8(4-2-7)22-13(18,19)20/h1-6H. The lowest BCUT2D eigenvalue weighted by Crippen LogP contribution is -2.16. The van der Waals surface area contributed by atoms with Gasteiger partial charge in [0, 0.05) is 17.8 Å². The molecule has 0 saturated heterocycles. The summed E-state index contributed by atoms with van der Waals surface area (Å²) in [6.45, 7) is 0. The fraction of sp³-hybridized carbons (Fsp3) is 0.154. The number of aromatic nitrogens is 1. The van der Waals surface area contributed by atoms with Crippen LogP contribution in [-0.4, -0.2) is 11.3 Å². The molecule has 0 spiro atoms. The Labute approximate surface area is 119 Å². The van der Waals surface area contributed by atoms with Crippen molar-refractivity contribution in [1.29, 1.82) is 0 Å². The number of ether oxygens (including phenoxy) is 1. The molecule has 22 heavy (non-hydrogen) atoms. The highest BCUT2D eigenvalue weighted by atomic mass is 19.4. The Morgan fingerprint density at radius 1 is 0.909 bits per heavy atom. The number of alkyl halides is 6. The molecule has 118 valence electrons. The zero-order valence-corrected chi connectivity index (χ0v) is 10.5. The van der Waals surface area contributed by atoms with E-state index in [1.807, 2.05) is 0 Å². The van der Waals surface area contributed by atoms with E-state index in [-0.39, 0.29) is 11.3 Å². The van der Waals surface area contributed by atoms with Gasteiger partial charge < -0.3 is 4.74 Å². The molecule has 1 heterocycles. The lowest BCUT2D eigenvalue weighted by Gasteiger charge is -2.10. The van der Waals surface area contributed by atoms with Crippen molar-refractivity contribution in [3.63, 3.8) is 0 Å². The van der Waals surface area contributed by atoms with Gasteiger partial charge in [-0.25, -0.2) is 4.39 Å². The zero-order chi connectivity index (χ0) is 16.5. The average Bonchev–Trinajstić information content (AvgIpc) is 2.36. The Hall–Kier alpha value is -2.32. The first-order valence-electron chi connectivity index (χ1n) is 5.65. The van der Waals surface area contributed by atoms with E-state index in [2.05, 4.69) is 9.72 Å². The van der Waals surface area contributed by atoms with Crippen molar-refractivity contribution in [3.05, 3.63) is 47.9 Å². The second-order valence-electron chi connectivity index (χ2n) is 4.12. The van der Waals surface area contributed by atoms with E-state index in [4.69, 9.17) is 0 Å². The van der Waals surface area contributed by atoms with Crippen LogP contribution in [0.5, 0.6) is 5.75 Å². The van der Waals surface area contributed by atoms with Crippen LogP contribution in [-0.2, 0) is 6.18 Å². The predicted molar refractivity (Wildman–Crippen MR) is 61.3 cm³/mol. The molecule has 0 bridgehead atoms. The minimum Gasteiger partial charge on any atom is -0.406 e. The van der Waals surface area contributed by atoms with Crippen LogP contribution in [0.1, 0.15) is 5.56 Å². The molecule has 0 saturated carbocycles. The first-order valence-corrected chi connectivity index (χ1v) is 5.65. The van der Waals surface area contributed by atoms with Gasteiger partial charge in [-0.3, -0.25) is 4.98 Å². The van der Waals surface area contributed by atoms with Crippen LogP contribution in [0, 0.1) is 5.82 Å². The third kappa shape index (κ3) is 3.86. The second kappa shape index (κ2) is 5.47. The number of benzene rings is 1. The Kier molecular flexibility index (Phi) is 3.99. The van der Waals surface area contributed by atoms with Crippen molar-refractivity contribution in [2.45, 2.75) is 12.5 Å². The largest absolute Gasteiger partial charge is 0.573 e. The Morgan fingerprint density at radius 2 is 1.50 bits per heavy atom. The van der Waals surface area contributed by atoms with Crippen LogP contribution in [0.4, 0.5) is 30.7 Å². The maximum atomic E-state index is 13.4. The van der Waals surface area contributed by atoms with Crippen molar-refractivity contribution in [3.8, 4) is 17.0 Å². The maximum Gasteiger partial charge on any atom is 0.573 e. The normalized spacial score (nSPS) is 12.3. The highest BCUT2D eigenvalue weighted by Gasteiger charge is 2.34. The molecule has 0 aliphatic heterocycles. The number of nitrogens with zero attached hydrogens (tertiary/aromatic N) is 1. The summed E-state index contributed by atoms with van der Waals surface area (Å²) in [4.78, 5) is 3.46. The first-order chi connectivity index (χ1) is 10.1. The van der Waals surface area contributed by atoms with Crippen molar-refractivity contribution in [2.24, 2.45) is 0 Å². The third-order valence-electron chi connectivity index (χ3n) is 2.54. The number of hydrogen-bond donors (Lipinski definition) is 0. The lowest BCUT2D eigenvalue weighted by atomic mass is 10.1. The van der Waals surface area contributed by atoms with Crippen molar-refractivity contribution in [2.75, 3.05) is 0 Å². The average molecular weight is 325 g/mol. The third-order valence-corrected chi connectivity index (χ3v) is 2.54. The molecule has 0 radical (unpaired) electrons. The molecule has 2 aromatic rings. The topological polar surface area (TPSA) is 22.1 Å². The Balaban J connectivity index is 2.28. The summed E-state index contributed by atoms with van der Waals surface area (Å²) >= 11 is 0. The van der Waals surface area contributed by atoms with E-state index in [1.165, 1.54) is 0 Å². The summed E-state index contributed by atoms with van der Waals surface area (Å²) in [7, 11) is 0. The molecule has 1 aromatic heterocycles. The van der Waals surface area contributed by atoms with Gasteiger partial charge in [-0.2, -0.15) is 13.2 Å². The maximum absolute atomic E-state index is 13.4. The van der Waals surface area contributed by atoms with Gasteiger partial charge in [-0.05, 0) is 24.3 Å². The van der Waals surface area contributed by atoms with E-state index < -0.39 is 29.7 Å².